The zero-order valence-corrected chi connectivity index (χ0v) is 9.50. The molecule has 1 atom stereocenters. The van der Waals surface area contributed by atoms with E-state index in [4.69, 9.17) is 4.84 Å². The summed E-state index contributed by atoms with van der Waals surface area (Å²) in [4.78, 5) is 16.7. The van der Waals surface area contributed by atoms with Crippen LogP contribution in [0.2, 0.25) is 0 Å². The molecule has 1 heterocycles. The standard InChI is InChI=1S/C12H16N2O3/c15-11-7-14(17-9-11)8-12(16)13-6-10-4-2-1-3-5-10/h1-5,11,15H,6-9H2,(H,13,16)/t11-/m1/s1. The lowest BCUT2D eigenvalue weighted by molar-refractivity contribution is -0.142. The van der Waals surface area contributed by atoms with Gasteiger partial charge < -0.3 is 10.4 Å². The van der Waals surface area contributed by atoms with Crippen molar-refractivity contribution in [3.63, 3.8) is 0 Å². The van der Waals surface area contributed by atoms with E-state index in [-0.39, 0.29) is 19.1 Å². The summed E-state index contributed by atoms with van der Waals surface area (Å²) >= 11 is 0. The van der Waals surface area contributed by atoms with Gasteiger partial charge >= 0.3 is 0 Å². The van der Waals surface area contributed by atoms with Crippen LogP contribution in [0.1, 0.15) is 5.56 Å². The fourth-order valence-corrected chi connectivity index (χ4v) is 1.65. The van der Waals surface area contributed by atoms with E-state index in [9.17, 15) is 9.90 Å². The number of rotatable bonds is 4. The monoisotopic (exact) mass is 236 g/mol. The van der Waals surface area contributed by atoms with Crippen molar-refractivity contribution in [2.45, 2.75) is 12.6 Å². The van der Waals surface area contributed by atoms with Crippen LogP contribution in [0.5, 0.6) is 0 Å². The van der Waals surface area contributed by atoms with Gasteiger partial charge in [-0.25, -0.2) is 0 Å². The zero-order valence-electron chi connectivity index (χ0n) is 9.50. The SMILES string of the molecule is O=C(CN1C[C@@H](O)CO1)NCc1ccccc1. The molecule has 1 aliphatic heterocycles. The third kappa shape index (κ3) is 3.81. The average molecular weight is 236 g/mol. The summed E-state index contributed by atoms with van der Waals surface area (Å²) in [5.41, 5.74) is 1.06. The van der Waals surface area contributed by atoms with Crippen LogP contribution >= 0.6 is 0 Å². The quantitative estimate of drug-likeness (QED) is 0.767. The predicted octanol–water partition coefficient (Wildman–Crippen LogP) is -0.0891. The van der Waals surface area contributed by atoms with Gasteiger partial charge in [-0.05, 0) is 5.56 Å². The van der Waals surface area contributed by atoms with Crippen LogP contribution in [-0.4, -0.2) is 41.9 Å². The highest BCUT2D eigenvalue weighted by molar-refractivity contribution is 5.77. The molecule has 0 aromatic heterocycles. The van der Waals surface area contributed by atoms with Gasteiger partial charge in [-0.15, -0.1) is 0 Å². The molecule has 1 aromatic carbocycles. The predicted molar refractivity (Wildman–Crippen MR) is 61.8 cm³/mol. The van der Waals surface area contributed by atoms with E-state index < -0.39 is 6.10 Å². The Morgan fingerprint density at radius 3 is 2.88 bits per heavy atom. The summed E-state index contributed by atoms with van der Waals surface area (Å²) in [6, 6.07) is 9.71. The van der Waals surface area contributed by atoms with E-state index in [1.54, 1.807) is 0 Å². The number of benzene rings is 1. The number of nitrogens with zero attached hydrogens (tertiary/aromatic N) is 1. The van der Waals surface area contributed by atoms with Gasteiger partial charge in [-0.3, -0.25) is 9.63 Å². The first-order chi connectivity index (χ1) is 8.24. The number of aliphatic hydroxyl groups excluding tert-OH is 1. The molecule has 0 saturated carbocycles. The number of hydrogen-bond donors (Lipinski definition) is 2. The third-order valence-electron chi connectivity index (χ3n) is 2.52. The summed E-state index contributed by atoms with van der Waals surface area (Å²) in [5, 5.41) is 13.5. The molecule has 92 valence electrons. The fraction of sp³-hybridized carbons (Fsp3) is 0.417. The van der Waals surface area contributed by atoms with Crippen LogP contribution in [0.15, 0.2) is 30.3 Å². The zero-order chi connectivity index (χ0) is 12.1. The van der Waals surface area contributed by atoms with Gasteiger partial charge in [-0.2, -0.15) is 5.06 Å². The average Bonchev–Trinajstić information content (AvgIpc) is 2.73. The van der Waals surface area contributed by atoms with Gasteiger partial charge in [0.15, 0.2) is 0 Å². The topological polar surface area (TPSA) is 61.8 Å². The van der Waals surface area contributed by atoms with Crippen LogP contribution in [0.4, 0.5) is 0 Å². The molecular weight excluding hydrogens is 220 g/mol. The Balaban J connectivity index is 1.71. The second kappa shape index (κ2) is 5.77. The van der Waals surface area contributed by atoms with Gasteiger partial charge in [-0.1, -0.05) is 30.3 Å². The summed E-state index contributed by atoms with van der Waals surface area (Å²) in [5.74, 6) is -0.108. The highest BCUT2D eigenvalue weighted by Gasteiger charge is 2.22. The molecule has 1 aliphatic rings. The van der Waals surface area contributed by atoms with E-state index in [0.717, 1.165) is 5.56 Å². The molecule has 1 amide bonds. The summed E-state index contributed by atoms with van der Waals surface area (Å²) < 4.78 is 0. The minimum atomic E-state index is -0.489. The second-order valence-electron chi connectivity index (χ2n) is 4.03. The molecule has 17 heavy (non-hydrogen) atoms. The van der Waals surface area contributed by atoms with Gasteiger partial charge in [0.1, 0.15) is 6.54 Å². The largest absolute Gasteiger partial charge is 0.389 e. The Bertz CT molecular complexity index is 369. The maximum Gasteiger partial charge on any atom is 0.236 e. The first kappa shape index (κ1) is 12.0. The normalized spacial score (nSPS) is 20.4. The van der Waals surface area contributed by atoms with E-state index in [0.29, 0.717) is 13.1 Å². The highest BCUT2D eigenvalue weighted by Crippen LogP contribution is 2.04. The number of carbonyl (C=O) groups is 1. The van der Waals surface area contributed by atoms with Crippen molar-refractivity contribution < 1.29 is 14.7 Å². The lowest BCUT2D eigenvalue weighted by atomic mass is 10.2. The van der Waals surface area contributed by atoms with Crippen molar-refractivity contribution in [2.24, 2.45) is 0 Å². The summed E-state index contributed by atoms with van der Waals surface area (Å²) in [6.45, 7) is 1.32. The molecule has 0 aliphatic carbocycles. The molecule has 0 unspecified atom stereocenters. The lowest BCUT2D eigenvalue weighted by Crippen LogP contribution is -2.35. The van der Waals surface area contributed by atoms with Crippen LogP contribution in [0.3, 0.4) is 0 Å². The highest BCUT2D eigenvalue weighted by atomic mass is 16.7. The third-order valence-corrected chi connectivity index (χ3v) is 2.52. The van der Waals surface area contributed by atoms with E-state index in [1.165, 1.54) is 5.06 Å². The molecule has 1 saturated heterocycles. The maximum absolute atomic E-state index is 11.6. The summed E-state index contributed by atoms with van der Waals surface area (Å²) in [6.07, 6.45) is -0.489. The van der Waals surface area contributed by atoms with Gasteiger partial charge in [0.25, 0.3) is 0 Å². The Kier molecular flexibility index (Phi) is 4.08. The molecule has 0 bridgehead atoms. The number of carbonyl (C=O) groups excluding carboxylic acids is 1. The van der Waals surface area contributed by atoms with Crippen LogP contribution in [0.25, 0.3) is 0 Å². The van der Waals surface area contributed by atoms with Crippen molar-refractivity contribution in [1.29, 1.82) is 0 Å². The van der Waals surface area contributed by atoms with Crippen molar-refractivity contribution in [3.8, 4) is 0 Å². The molecule has 1 aromatic rings. The summed E-state index contributed by atoms with van der Waals surface area (Å²) in [7, 11) is 0. The number of β-amino-alcohol motifs (C(OH)–C–C–N with tert-alkyl or cyclic N) is 1. The number of hydrogen-bond acceptors (Lipinski definition) is 4. The molecule has 0 spiro atoms. The Morgan fingerprint density at radius 1 is 1.47 bits per heavy atom. The fourth-order valence-electron chi connectivity index (χ4n) is 1.65. The lowest BCUT2D eigenvalue weighted by Gasteiger charge is -2.13. The minimum absolute atomic E-state index is 0.108. The second-order valence-corrected chi connectivity index (χ2v) is 4.03. The van der Waals surface area contributed by atoms with E-state index in [2.05, 4.69) is 5.32 Å². The van der Waals surface area contributed by atoms with E-state index >= 15 is 0 Å². The number of hydroxylamine groups is 2. The van der Waals surface area contributed by atoms with Crippen LogP contribution in [-0.2, 0) is 16.2 Å². The number of amides is 1. The van der Waals surface area contributed by atoms with Crippen LogP contribution in [0, 0.1) is 0 Å². The Morgan fingerprint density at radius 2 is 2.24 bits per heavy atom. The van der Waals surface area contributed by atoms with Gasteiger partial charge in [0.2, 0.25) is 5.91 Å². The van der Waals surface area contributed by atoms with E-state index in [1.807, 2.05) is 30.3 Å². The van der Waals surface area contributed by atoms with Crippen molar-refractivity contribution in [3.05, 3.63) is 35.9 Å². The molecular formula is C12H16N2O3. The first-order valence-electron chi connectivity index (χ1n) is 5.60. The molecule has 1 fully saturated rings. The number of aliphatic hydroxyl groups is 1. The smallest absolute Gasteiger partial charge is 0.236 e. The maximum atomic E-state index is 11.6. The molecule has 2 rings (SSSR count). The van der Waals surface area contributed by atoms with Gasteiger partial charge in [0, 0.05) is 6.54 Å². The number of nitrogens with one attached hydrogen (secondary N) is 1. The molecule has 0 radical (unpaired) electrons. The van der Waals surface area contributed by atoms with Crippen molar-refractivity contribution >= 4 is 5.91 Å². The molecule has 5 heteroatoms. The Labute approximate surface area is 99.9 Å². The van der Waals surface area contributed by atoms with Crippen LogP contribution < -0.4 is 5.32 Å². The molecule has 2 N–H and O–H groups in total. The molecule has 5 nitrogen and oxygen atoms in total. The van der Waals surface area contributed by atoms with Crippen molar-refractivity contribution in [2.75, 3.05) is 19.7 Å². The Hall–Kier alpha value is -1.43. The minimum Gasteiger partial charge on any atom is -0.389 e. The first-order valence-corrected chi connectivity index (χ1v) is 5.60. The van der Waals surface area contributed by atoms with Gasteiger partial charge in [0.05, 0.1) is 19.3 Å². The van der Waals surface area contributed by atoms with Crippen molar-refractivity contribution in [1.82, 2.24) is 10.4 Å².